The molecule has 4 aliphatic rings. The SMILES string of the molecule is COc1cc2cc(c1Cl)N(C)C(=O)C[C@H](OC(=O)Nc1ccc(NC(=O)[C@H](CCCNC(N)=O)NC(=O)[C@@H](NC(=S)NCCCCN3C(=O)C=CC3=O)C(C)C)c3cccnc13)[C@]1(C)O[C@H]1[C@H](C)[C@@H]1C[C@@](O)(NC(=O)O1)[C@H](OC)/C=C/C=C(\C)C2. The van der Waals surface area contributed by atoms with E-state index in [9.17, 15) is 43.5 Å². The van der Waals surface area contributed by atoms with Crippen molar-refractivity contribution in [3.8, 4) is 5.75 Å². The van der Waals surface area contributed by atoms with Crippen LogP contribution in [0.3, 0.4) is 0 Å². The van der Waals surface area contributed by atoms with Crippen molar-refractivity contribution in [3.05, 3.63) is 89.1 Å². The molecule has 2 fully saturated rings. The maximum atomic E-state index is 14.5. The highest BCUT2D eigenvalue weighted by molar-refractivity contribution is 7.80. The lowest BCUT2D eigenvalue weighted by Gasteiger charge is -2.42. The van der Waals surface area contributed by atoms with Crippen molar-refractivity contribution in [1.29, 1.82) is 0 Å². The number of hydrogen-bond donors (Lipinski definition) is 9. The molecule has 9 atom stereocenters. The highest BCUT2D eigenvalue weighted by Gasteiger charge is 2.64. The molecule has 4 bridgehead atoms. The number of nitrogens with zero attached hydrogens (tertiary/aromatic N) is 3. The number of thiocarbonyl (C=S) groups is 1. The van der Waals surface area contributed by atoms with E-state index >= 15 is 0 Å². The van der Waals surface area contributed by atoms with Crippen molar-refractivity contribution in [3.63, 3.8) is 0 Å². The number of anilines is 3. The fourth-order valence-corrected chi connectivity index (χ4v) is 11.0. The van der Waals surface area contributed by atoms with Crippen LogP contribution < -0.4 is 52.6 Å². The number of nitrogens with one attached hydrogen (secondary N) is 7. The van der Waals surface area contributed by atoms with Gasteiger partial charge in [-0.2, -0.15) is 0 Å². The Morgan fingerprint density at radius 3 is 2.40 bits per heavy atom. The predicted molar refractivity (Wildman–Crippen MR) is 319 cm³/mol. The largest absolute Gasteiger partial charge is 0.495 e. The van der Waals surface area contributed by atoms with E-state index in [1.54, 1.807) is 64.1 Å². The highest BCUT2D eigenvalue weighted by atomic mass is 35.5. The first-order valence-corrected chi connectivity index (χ1v) is 28.6. The van der Waals surface area contributed by atoms with Crippen molar-refractivity contribution in [2.24, 2.45) is 17.6 Å². The topological polar surface area (TPSA) is 336 Å². The number of fused-ring (bicyclic) bond motifs is 6. The molecule has 85 heavy (non-hydrogen) atoms. The third-order valence-corrected chi connectivity index (χ3v) is 15.9. The monoisotopic (exact) mass is 1220 g/mol. The Labute approximate surface area is 502 Å². The third kappa shape index (κ3) is 16.1. The van der Waals surface area contributed by atoms with Gasteiger partial charge in [-0.15, -0.1) is 0 Å². The summed E-state index contributed by atoms with van der Waals surface area (Å²) in [6, 6.07) is 7.00. The van der Waals surface area contributed by atoms with Gasteiger partial charge in [-0.05, 0) is 106 Å². The zero-order valence-electron chi connectivity index (χ0n) is 48.6. The second-order valence-electron chi connectivity index (χ2n) is 21.9. The van der Waals surface area contributed by atoms with Gasteiger partial charge in [-0.1, -0.05) is 56.2 Å². The van der Waals surface area contributed by atoms with Gasteiger partial charge in [0, 0.05) is 69.9 Å². The molecule has 1 aromatic heterocycles. The lowest BCUT2D eigenvalue weighted by molar-refractivity contribution is -0.142. The summed E-state index contributed by atoms with van der Waals surface area (Å²) < 4.78 is 29.6. The lowest BCUT2D eigenvalue weighted by atomic mass is 9.83. The molecule has 0 unspecified atom stereocenters. The smallest absolute Gasteiger partial charge is 0.412 e. The van der Waals surface area contributed by atoms with E-state index in [2.05, 4.69) is 42.2 Å². The van der Waals surface area contributed by atoms with Gasteiger partial charge in [0.05, 0.1) is 42.2 Å². The molecule has 5 heterocycles. The Hall–Kier alpha value is -7.91. The van der Waals surface area contributed by atoms with Crippen molar-refractivity contribution in [2.45, 2.75) is 127 Å². The Kier molecular flexibility index (Phi) is 21.5. The van der Waals surface area contributed by atoms with Crippen LogP contribution in [-0.4, -0.2) is 157 Å². The number of urea groups is 1. The van der Waals surface area contributed by atoms with Gasteiger partial charge in [-0.3, -0.25) is 44.5 Å². The minimum Gasteiger partial charge on any atom is -0.495 e. The summed E-state index contributed by atoms with van der Waals surface area (Å²) in [5.41, 5.74) is 4.61. The molecule has 25 nitrogen and oxygen atoms in total. The van der Waals surface area contributed by atoms with Crippen LogP contribution >= 0.6 is 23.8 Å². The fourth-order valence-electron chi connectivity index (χ4n) is 10.5. The van der Waals surface area contributed by atoms with Crippen LogP contribution in [0.4, 0.5) is 31.4 Å². The van der Waals surface area contributed by atoms with Crippen molar-refractivity contribution < 1.29 is 67.1 Å². The number of aromatic nitrogens is 1. The number of methoxy groups -OCH3 is 2. The van der Waals surface area contributed by atoms with E-state index < -0.39 is 96.1 Å². The van der Waals surface area contributed by atoms with Gasteiger partial charge in [0.25, 0.3) is 11.8 Å². The van der Waals surface area contributed by atoms with E-state index in [1.807, 2.05) is 13.0 Å². The van der Waals surface area contributed by atoms with Crippen molar-refractivity contribution >= 4 is 105 Å². The summed E-state index contributed by atoms with van der Waals surface area (Å²) in [6.07, 6.45) is 4.41. The van der Waals surface area contributed by atoms with Gasteiger partial charge in [-0.25, -0.2) is 14.4 Å². The summed E-state index contributed by atoms with van der Waals surface area (Å²) in [5.74, 6) is -3.05. The quantitative estimate of drug-likeness (QED) is 0.0330. The van der Waals surface area contributed by atoms with Gasteiger partial charge in [0.2, 0.25) is 17.7 Å². The summed E-state index contributed by atoms with van der Waals surface area (Å²) in [4.78, 5) is 113. The summed E-state index contributed by atoms with van der Waals surface area (Å²) in [5, 5.41) is 32.2. The molecular formula is C58H74ClN11O14S. The normalized spacial score (nSPS) is 24.8. The highest BCUT2D eigenvalue weighted by Crippen LogP contribution is 2.49. The predicted octanol–water partition coefficient (Wildman–Crippen LogP) is 4.99. The number of halogens is 1. The van der Waals surface area contributed by atoms with E-state index in [1.165, 1.54) is 56.6 Å². The number of hydrogen-bond acceptors (Lipinski definition) is 16. The number of unbranched alkanes of at least 4 members (excludes halogenated alkanes) is 1. The molecule has 27 heteroatoms. The molecular weight excluding hydrogens is 1140 g/mol. The Morgan fingerprint density at radius 1 is 0.988 bits per heavy atom. The maximum Gasteiger partial charge on any atom is 0.412 e. The minimum absolute atomic E-state index is 0.0638. The van der Waals surface area contributed by atoms with E-state index in [0.717, 1.165) is 16.0 Å². The van der Waals surface area contributed by atoms with Crippen LogP contribution in [0.1, 0.15) is 78.7 Å². The number of epoxide rings is 1. The Balaban J connectivity index is 1.09. The minimum atomic E-state index is -1.91. The number of nitrogens with two attached hydrogens (primary N) is 1. The number of benzene rings is 2. The summed E-state index contributed by atoms with van der Waals surface area (Å²) in [7, 11) is 4.40. The van der Waals surface area contributed by atoms with Gasteiger partial charge < -0.3 is 66.0 Å². The third-order valence-electron chi connectivity index (χ3n) is 15.3. The second-order valence-corrected chi connectivity index (χ2v) is 22.6. The van der Waals surface area contributed by atoms with Crippen LogP contribution in [0, 0.1) is 11.8 Å². The summed E-state index contributed by atoms with van der Waals surface area (Å²) in [6.45, 7) is 9.66. The average Bonchev–Trinajstić information content (AvgIpc) is 1.79. The number of carbonyl (C=O) groups is 8. The molecule has 9 amide bonds. The van der Waals surface area contributed by atoms with Gasteiger partial charge in [0.1, 0.15) is 46.8 Å². The van der Waals surface area contributed by atoms with E-state index in [0.29, 0.717) is 42.6 Å². The molecule has 7 rings (SSSR count). The van der Waals surface area contributed by atoms with Crippen molar-refractivity contribution in [1.82, 2.24) is 36.5 Å². The number of rotatable bonds is 19. The first-order valence-electron chi connectivity index (χ1n) is 27.8. The average molecular weight is 1220 g/mol. The van der Waals surface area contributed by atoms with Crippen molar-refractivity contribution in [2.75, 3.05) is 56.4 Å². The van der Waals surface area contributed by atoms with Crippen LogP contribution in [-0.2, 0) is 49.3 Å². The zero-order valence-corrected chi connectivity index (χ0v) is 50.2. The Morgan fingerprint density at radius 2 is 1.71 bits per heavy atom. The fraction of sp³-hybridized carbons (Fsp3) is 0.483. The van der Waals surface area contributed by atoms with Gasteiger partial charge in [0.15, 0.2) is 10.8 Å². The van der Waals surface area contributed by atoms with E-state index in [4.69, 9.17) is 53.2 Å². The number of aliphatic hydroxyl groups is 1. The number of alkyl carbamates (subject to hydrolysis) is 1. The molecule has 2 saturated heterocycles. The summed E-state index contributed by atoms with van der Waals surface area (Å²) >= 11 is 12.4. The van der Waals surface area contributed by atoms with Crippen LogP contribution in [0.2, 0.25) is 5.02 Å². The first-order chi connectivity index (χ1) is 40.4. The Bertz CT molecular complexity index is 3140. The molecule has 0 aliphatic carbocycles. The zero-order chi connectivity index (χ0) is 61.9. The molecule has 2 aromatic carbocycles. The van der Waals surface area contributed by atoms with Crippen LogP contribution in [0.5, 0.6) is 5.75 Å². The second kappa shape index (κ2) is 28.3. The van der Waals surface area contributed by atoms with Gasteiger partial charge >= 0.3 is 18.2 Å². The number of imide groups is 1. The van der Waals surface area contributed by atoms with Crippen LogP contribution in [0.15, 0.2) is 78.5 Å². The molecule has 0 spiro atoms. The lowest BCUT2D eigenvalue weighted by Crippen LogP contribution is -2.63. The molecule has 10 N–H and O–H groups in total. The van der Waals surface area contributed by atoms with Crippen LogP contribution in [0.25, 0.3) is 10.9 Å². The number of carbonyl (C=O) groups excluding carboxylic acids is 8. The standard InChI is InChI=1S/C58H74ClN11O14S/c1-31(2)48(67-54(85)63-22-9-10-25-70-44(71)20-21-45(70)72)52(75)65-38(16-13-24-62-53(60)76)51(74)64-36-18-19-37(49-35(36)15-12-23-61-49)66-55(77)83-43-29-46(73)69(6)39-27-34(28-40(80-7)47(39)59)26-32(3)14-11-17-42(81-8)58(79)30-41(82-56(78)68-58)33(4)50-57(43,5)84-50/h11-12,14-15,17-21,23,27-28,31,33,38,41-43,48,50,79H,9-10,13,16,22,24-26,29-30H2,1-8H3,(H,64,74)(H,65,75)(H,66,77)(H,68,78)(H3,60,62,76)(H2,63,67,85)/b17-11+,32-14+/t33-,38+,41+,42-,43+,48+,50+,57+,58+/m1/s1. The number of ether oxygens (including phenoxy) is 5. The number of pyridine rings is 1. The molecule has 0 saturated carbocycles. The molecule has 458 valence electrons. The number of allylic oxidation sites excluding steroid dienone is 3. The molecule has 0 radical (unpaired) electrons. The molecule has 4 aliphatic heterocycles. The van der Waals surface area contributed by atoms with E-state index in [-0.39, 0.29) is 77.1 Å². The molecule has 3 aromatic rings. The number of amides is 9. The first kappa shape index (κ1) is 64.6. The maximum absolute atomic E-state index is 14.5. The number of primary amides is 1.